The van der Waals surface area contributed by atoms with E-state index >= 15 is 0 Å². The van der Waals surface area contributed by atoms with Crippen LogP contribution >= 0.6 is 0 Å². The molecule has 0 saturated heterocycles. The van der Waals surface area contributed by atoms with E-state index in [4.69, 9.17) is 11.7 Å². The van der Waals surface area contributed by atoms with Gasteiger partial charge >= 0.3 is 0 Å². The first kappa shape index (κ1) is 12.0. The molecule has 0 aromatic rings. The van der Waals surface area contributed by atoms with Crippen molar-refractivity contribution >= 4 is 0 Å². The van der Waals surface area contributed by atoms with Crippen LogP contribution in [0.5, 0.6) is 0 Å². The minimum atomic E-state index is 0.215. The molecule has 1 N–H and O–H groups in total. The van der Waals surface area contributed by atoms with Crippen molar-refractivity contribution in [2.75, 3.05) is 6.54 Å². The Bertz CT molecular complexity index is 185. The maximum atomic E-state index is 8.30. The van der Waals surface area contributed by atoms with Gasteiger partial charge in [0.2, 0.25) is 0 Å². The highest BCUT2D eigenvalue weighted by atomic mass is 14.9. The second-order valence-corrected chi connectivity index (χ2v) is 3.08. The molecule has 0 aliphatic carbocycles. The van der Waals surface area contributed by atoms with Crippen LogP contribution in [0.25, 0.3) is 0 Å². The maximum absolute atomic E-state index is 8.30. The number of terminal acetylenes is 1. The smallest absolute Gasteiger partial charge is 0.0686 e. The van der Waals surface area contributed by atoms with Crippen LogP contribution in [-0.4, -0.2) is 12.6 Å². The van der Waals surface area contributed by atoms with Crippen molar-refractivity contribution < 1.29 is 0 Å². The van der Waals surface area contributed by atoms with Gasteiger partial charge < -0.3 is 5.32 Å². The van der Waals surface area contributed by atoms with Crippen LogP contribution in [0.4, 0.5) is 0 Å². The molecule has 13 heavy (non-hydrogen) atoms. The molecule has 0 aliphatic rings. The predicted molar refractivity (Wildman–Crippen MR) is 55.0 cm³/mol. The van der Waals surface area contributed by atoms with Crippen molar-refractivity contribution in [1.29, 1.82) is 5.26 Å². The van der Waals surface area contributed by atoms with Gasteiger partial charge in [-0.2, -0.15) is 5.26 Å². The number of rotatable bonds is 7. The first-order valence-corrected chi connectivity index (χ1v) is 4.91. The third-order valence-electron chi connectivity index (χ3n) is 1.88. The summed E-state index contributed by atoms with van der Waals surface area (Å²) in [4.78, 5) is 0. The van der Waals surface area contributed by atoms with E-state index in [0.29, 0.717) is 6.42 Å². The lowest BCUT2D eigenvalue weighted by Gasteiger charge is -2.10. The van der Waals surface area contributed by atoms with Crippen molar-refractivity contribution in [3.8, 4) is 18.4 Å². The molecule has 0 saturated carbocycles. The molecule has 0 fully saturated rings. The van der Waals surface area contributed by atoms with Crippen LogP contribution in [0.2, 0.25) is 0 Å². The van der Waals surface area contributed by atoms with Gasteiger partial charge in [0.15, 0.2) is 0 Å². The van der Waals surface area contributed by atoms with Gasteiger partial charge in [-0.15, -0.1) is 6.42 Å². The SMILES string of the molecule is C#CC(CCC)NCCCCC#N. The molecule has 72 valence electrons. The van der Waals surface area contributed by atoms with E-state index in [0.717, 1.165) is 32.2 Å². The van der Waals surface area contributed by atoms with Gasteiger partial charge in [-0.05, 0) is 25.8 Å². The topological polar surface area (TPSA) is 35.8 Å². The van der Waals surface area contributed by atoms with Crippen LogP contribution in [0.15, 0.2) is 0 Å². The standard InChI is InChI=1S/C11H18N2/c1-3-8-11(4-2)13-10-7-5-6-9-12/h2,11,13H,3,5-8,10H2,1H3. The Morgan fingerprint density at radius 1 is 1.46 bits per heavy atom. The van der Waals surface area contributed by atoms with E-state index in [2.05, 4.69) is 24.2 Å². The van der Waals surface area contributed by atoms with Crippen molar-refractivity contribution in [2.24, 2.45) is 0 Å². The van der Waals surface area contributed by atoms with Crippen LogP contribution in [0.1, 0.15) is 39.0 Å². The van der Waals surface area contributed by atoms with Crippen molar-refractivity contribution in [1.82, 2.24) is 5.32 Å². The molecule has 0 bridgehead atoms. The Kier molecular flexibility index (Phi) is 8.41. The third kappa shape index (κ3) is 7.37. The van der Waals surface area contributed by atoms with Gasteiger partial charge in [0.25, 0.3) is 0 Å². The van der Waals surface area contributed by atoms with Crippen molar-refractivity contribution in [2.45, 2.75) is 45.1 Å². The quantitative estimate of drug-likeness (QED) is 0.478. The van der Waals surface area contributed by atoms with Crippen LogP contribution in [0.3, 0.4) is 0 Å². The van der Waals surface area contributed by atoms with Crippen LogP contribution < -0.4 is 5.32 Å². The van der Waals surface area contributed by atoms with Gasteiger partial charge in [-0.25, -0.2) is 0 Å². The van der Waals surface area contributed by atoms with E-state index in [1.807, 2.05) is 0 Å². The minimum absolute atomic E-state index is 0.215. The van der Waals surface area contributed by atoms with Gasteiger partial charge in [-0.1, -0.05) is 19.3 Å². The van der Waals surface area contributed by atoms with Crippen LogP contribution in [0, 0.1) is 23.7 Å². The number of nitrogens with one attached hydrogen (secondary N) is 1. The summed E-state index contributed by atoms with van der Waals surface area (Å²) in [7, 11) is 0. The fraction of sp³-hybridized carbons (Fsp3) is 0.727. The first-order valence-electron chi connectivity index (χ1n) is 4.91. The highest BCUT2D eigenvalue weighted by Gasteiger charge is 2.00. The zero-order valence-electron chi connectivity index (χ0n) is 8.34. The summed E-state index contributed by atoms with van der Waals surface area (Å²) in [5, 5.41) is 11.6. The van der Waals surface area contributed by atoms with Crippen molar-refractivity contribution in [3.63, 3.8) is 0 Å². The fourth-order valence-electron chi connectivity index (χ4n) is 1.14. The molecule has 2 nitrogen and oxygen atoms in total. The number of hydrogen-bond acceptors (Lipinski definition) is 2. The van der Waals surface area contributed by atoms with Gasteiger partial charge in [0.05, 0.1) is 12.1 Å². The van der Waals surface area contributed by atoms with E-state index in [1.54, 1.807) is 0 Å². The summed E-state index contributed by atoms with van der Waals surface area (Å²) in [6, 6.07) is 2.34. The fourth-order valence-corrected chi connectivity index (χ4v) is 1.14. The number of unbranched alkanes of at least 4 members (excludes halogenated alkanes) is 2. The molecule has 0 amide bonds. The second-order valence-electron chi connectivity index (χ2n) is 3.08. The summed E-state index contributed by atoms with van der Waals surface area (Å²) >= 11 is 0. The summed E-state index contributed by atoms with van der Waals surface area (Å²) in [5.74, 6) is 2.72. The molecule has 0 aromatic carbocycles. The van der Waals surface area contributed by atoms with E-state index in [1.165, 1.54) is 0 Å². The molecule has 0 aliphatic heterocycles. The lowest BCUT2D eigenvalue weighted by Crippen LogP contribution is -2.28. The molecule has 0 spiro atoms. The largest absolute Gasteiger partial charge is 0.304 e. The minimum Gasteiger partial charge on any atom is -0.304 e. The lowest BCUT2D eigenvalue weighted by atomic mass is 10.1. The summed E-state index contributed by atoms with van der Waals surface area (Å²) in [5.41, 5.74) is 0. The molecule has 1 atom stereocenters. The average molecular weight is 178 g/mol. The Hall–Kier alpha value is -0.990. The zero-order valence-corrected chi connectivity index (χ0v) is 8.34. The molecular formula is C11H18N2. The zero-order chi connectivity index (χ0) is 9.94. The van der Waals surface area contributed by atoms with E-state index in [-0.39, 0.29) is 6.04 Å². The number of nitriles is 1. The van der Waals surface area contributed by atoms with Crippen LogP contribution in [-0.2, 0) is 0 Å². The molecule has 1 unspecified atom stereocenters. The summed E-state index contributed by atoms with van der Waals surface area (Å²) in [6.45, 7) is 3.05. The summed E-state index contributed by atoms with van der Waals surface area (Å²) < 4.78 is 0. The molecule has 0 heterocycles. The van der Waals surface area contributed by atoms with E-state index in [9.17, 15) is 0 Å². The van der Waals surface area contributed by atoms with Crippen molar-refractivity contribution in [3.05, 3.63) is 0 Å². The molecule has 2 heteroatoms. The van der Waals surface area contributed by atoms with Gasteiger partial charge in [0, 0.05) is 6.42 Å². The van der Waals surface area contributed by atoms with E-state index < -0.39 is 0 Å². The Morgan fingerprint density at radius 3 is 2.77 bits per heavy atom. The first-order chi connectivity index (χ1) is 6.35. The number of nitrogens with zero attached hydrogens (tertiary/aromatic N) is 1. The Morgan fingerprint density at radius 2 is 2.23 bits per heavy atom. The monoisotopic (exact) mass is 178 g/mol. The maximum Gasteiger partial charge on any atom is 0.0686 e. The molecular weight excluding hydrogens is 160 g/mol. The Balaban J connectivity index is 3.30. The lowest BCUT2D eigenvalue weighted by molar-refractivity contribution is 0.543. The average Bonchev–Trinajstić information content (AvgIpc) is 2.16. The molecule has 0 radical (unpaired) electrons. The Labute approximate surface area is 81.3 Å². The predicted octanol–water partition coefficient (Wildman–Crippen LogP) is 2.07. The molecule has 0 aromatic heterocycles. The molecule has 0 rings (SSSR count). The normalized spacial score (nSPS) is 11.6. The van der Waals surface area contributed by atoms with Gasteiger partial charge in [-0.3, -0.25) is 0 Å². The summed E-state index contributed by atoms with van der Waals surface area (Å²) in [6.07, 6.45) is 10.1. The number of hydrogen-bond donors (Lipinski definition) is 1. The highest BCUT2D eigenvalue weighted by molar-refractivity contribution is 4.98. The second kappa shape index (κ2) is 9.10. The third-order valence-corrected chi connectivity index (χ3v) is 1.88. The highest BCUT2D eigenvalue weighted by Crippen LogP contribution is 1.96. The van der Waals surface area contributed by atoms with Gasteiger partial charge in [0.1, 0.15) is 0 Å².